The first-order valence-electron chi connectivity index (χ1n) is 7.40. The van der Waals surface area contributed by atoms with Gasteiger partial charge in [0.25, 0.3) is 0 Å². The van der Waals surface area contributed by atoms with E-state index in [9.17, 15) is 4.79 Å². The number of nitrogens with two attached hydrogens (primary N) is 1. The highest BCUT2D eigenvalue weighted by atomic mass is 32.2. The monoisotopic (exact) mass is 326 g/mol. The molecule has 1 aliphatic heterocycles. The molecule has 0 radical (unpaired) electrons. The van der Waals surface area contributed by atoms with Crippen LogP contribution < -0.4 is 10.5 Å². The van der Waals surface area contributed by atoms with Crippen LogP contribution in [0.1, 0.15) is 21.5 Å². The summed E-state index contributed by atoms with van der Waals surface area (Å²) in [6.45, 7) is 0.743. The number of benzene rings is 2. The van der Waals surface area contributed by atoms with Gasteiger partial charge in [-0.3, -0.25) is 9.79 Å². The molecule has 0 spiro atoms. The number of hydrogen-bond acceptors (Lipinski definition) is 5. The molecule has 0 bridgehead atoms. The third-order valence-corrected chi connectivity index (χ3v) is 4.76. The van der Waals surface area contributed by atoms with Crippen molar-refractivity contribution < 1.29 is 9.53 Å². The predicted molar refractivity (Wildman–Crippen MR) is 94.4 cm³/mol. The lowest BCUT2D eigenvalue weighted by Gasteiger charge is -2.09. The molecule has 0 fully saturated rings. The minimum Gasteiger partial charge on any atom is -0.497 e. The second kappa shape index (κ2) is 6.87. The predicted octanol–water partition coefficient (Wildman–Crippen LogP) is 2.90. The van der Waals surface area contributed by atoms with Gasteiger partial charge in [-0.15, -0.1) is 0 Å². The van der Waals surface area contributed by atoms with Crippen molar-refractivity contribution in [3.8, 4) is 5.75 Å². The molecule has 1 aliphatic rings. The van der Waals surface area contributed by atoms with E-state index in [1.165, 1.54) is 0 Å². The topological polar surface area (TPSA) is 64.7 Å². The van der Waals surface area contributed by atoms with Crippen LogP contribution in [-0.2, 0) is 6.42 Å². The highest BCUT2D eigenvalue weighted by Crippen LogP contribution is 2.23. The lowest BCUT2D eigenvalue weighted by molar-refractivity contribution is 0.103. The largest absolute Gasteiger partial charge is 0.497 e. The fourth-order valence-corrected chi connectivity index (χ4v) is 3.47. The third kappa shape index (κ3) is 3.74. The van der Waals surface area contributed by atoms with Crippen LogP contribution in [0.2, 0.25) is 0 Å². The van der Waals surface area contributed by atoms with Gasteiger partial charge in [0.2, 0.25) is 0 Å². The van der Waals surface area contributed by atoms with Gasteiger partial charge in [-0.1, -0.05) is 30.0 Å². The summed E-state index contributed by atoms with van der Waals surface area (Å²) in [5, 5.41) is 1.02. The molecule has 1 heterocycles. The van der Waals surface area contributed by atoms with E-state index in [4.69, 9.17) is 10.5 Å². The molecular formula is C18H18N2O2S. The van der Waals surface area contributed by atoms with Crippen molar-refractivity contribution in [3.05, 3.63) is 65.2 Å². The van der Waals surface area contributed by atoms with Crippen molar-refractivity contribution in [1.82, 2.24) is 0 Å². The van der Waals surface area contributed by atoms with Gasteiger partial charge >= 0.3 is 0 Å². The van der Waals surface area contributed by atoms with Gasteiger partial charge in [-0.25, -0.2) is 0 Å². The van der Waals surface area contributed by atoms with E-state index in [1.807, 2.05) is 24.3 Å². The van der Waals surface area contributed by atoms with Crippen LogP contribution in [0.15, 0.2) is 53.5 Å². The average Bonchev–Trinajstić information content (AvgIpc) is 2.99. The first-order valence-corrected chi connectivity index (χ1v) is 8.28. The Morgan fingerprint density at radius 3 is 2.70 bits per heavy atom. The Kier molecular flexibility index (Phi) is 4.67. The Labute approximate surface area is 139 Å². The number of amidine groups is 1. The minimum atomic E-state index is 0.0179. The number of carbonyl (C=O) groups excluding carboxylic acids is 1. The molecule has 3 rings (SSSR count). The zero-order valence-electron chi connectivity index (χ0n) is 12.9. The number of aliphatic imine (C=N–C) groups is 1. The van der Waals surface area contributed by atoms with Gasteiger partial charge in [0, 0.05) is 16.4 Å². The summed E-state index contributed by atoms with van der Waals surface area (Å²) in [4.78, 5) is 16.8. The van der Waals surface area contributed by atoms with E-state index in [-0.39, 0.29) is 5.78 Å². The molecule has 23 heavy (non-hydrogen) atoms. The van der Waals surface area contributed by atoms with E-state index >= 15 is 0 Å². The molecular weight excluding hydrogens is 308 g/mol. The summed E-state index contributed by atoms with van der Waals surface area (Å²) in [7, 11) is 1.61. The van der Waals surface area contributed by atoms with Crippen LogP contribution in [-0.4, -0.2) is 29.9 Å². The maximum absolute atomic E-state index is 12.6. The smallest absolute Gasteiger partial charge is 0.193 e. The molecule has 1 unspecified atom stereocenters. The third-order valence-electron chi connectivity index (χ3n) is 3.74. The van der Waals surface area contributed by atoms with E-state index in [0.717, 1.165) is 24.3 Å². The second-order valence-electron chi connectivity index (χ2n) is 5.38. The Morgan fingerprint density at radius 2 is 2.04 bits per heavy atom. The van der Waals surface area contributed by atoms with Crippen LogP contribution in [0.3, 0.4) is 0 Å². The van der Waals surface area contributed by atoms with Crippen molar-refractivity contribution in [2.75, 3.05) is 13.7 Å². The van der Waals surface area contributed by atoms with Gasteiger partial charge in [-0.05, 0) is 42.3 Å². The number of thioether (sulfide) groups is 1. The van der Waals surface area contributed by atoms with Crippen molar-refractivity contribution in [2.45, 2.75) is 11.7 Å². The number of ketones is 1. The molecule has 2 aromatic carbocycles. The molecule has 1 atom stereocenters. The average molecular weight is 326 g/mol. The summed E-state index contributed by atoms with van der Waals surface area (Å²) in [5.74, 6) is 0.760. The molecule has 0 saturated heterocycles. The van der Waals surface area contributed by atoms with E-state index in [2.05, 4.69) is 4.99 Å². The summed E-state index contributed by atoms with van der Waals surface area (Å²) < 4.78 is 5.12. The molecule has 0 amide bonds. The number of nitrogens with zero attached hydrogens (tertiary/aromatic N) is 1. The molecule has 0 saturated carbocycles. The summed E-state index contributed by atoms with van der Waals surface area (Å²) in [6.07, 6.45) is 0.860. The SMILES string of the molecule is COc1ccc(C(=O)c2cccc(CC3CN=C(N)S3)c2)cc1. The number of rotatable bonds is 5. The molecule has 2 N–H and O–H groups in total. The van der Waals surface area contributed by atoms with Crippen LogP contribution in [0.4, 0.5) is 0 Å². The van der Waals surface area contributed by atoms with Crippen LogP contribution in [0.5, 0.6) is 5.75 Å². The van der Waals surface area contributed by atoms with Crippen molar-refractivity contribution in [3.63, 3.8) is 0 Å². The number of hydrogen-bond donors (Lipinski definition) is 1. The highest BCUT2D eigenvalue weighted by Gasteiger charge is 2.18. The fraction of sp³-hybridized carbons (Fsp3) is 0.222. The van der Waals surface area contributed by atoms with E-state index in [0.29, 0.717) is 21.5 Å². The number of methoxy groups -OCH3 is 1. The number of carbonyl (C=O) groups is 1. The standard InChI is InChI=1S/C18H18N2O2S/c1-22-15-7-5-13(6-8-15)17(21)14-4-2-3-12(9-14)10-16-11-20-18(19)23-16/h2-9,16H,10-11H2,1H3,(H2,19,20). The van der Waals surface area contributed by atoms with Crippen molar-refractivity contribution in [1.29, 1.82) is 0 Å². The zero-order chi connectivity index (χ0) is 16.2. The molecule has 0 aromatic heterocycles. The number of ether oxygens (including phenoxy) is 1. The van der Waals surface area contributed by atoms with Crippen LogP contribution in [0.25, 0.3) is 0 Å². The Hall–Kier alpha value is -2.27. The van der Waals surface area contributed by atoms with Gasteiger partial charge in [0.1, 0.15) is 5.75 Å². The molecule has 118 valence electrons. The maximum Gasteiger partial charge on any atom is 0.193 e. The second-order valence-corrected chi connectivity index (χ2v) is 6.70. The zero-order valence-corrected chi connectivity index (χ0v) is 13.7. The Balaban J connectivity index is 1.74. The van der Waals surface area contributed by atoms with E-state index < -0.39 is 0 Å². The van der Waals surface area contributed by atoms with Crippen LogP contribution in [0, 0.1) is 0 Å². The Morgan fingerprint density at radius 1 is 1.26 bits per heavy atom. The van der Waals surface area contributed by atoms with Crippen LogP contribution >= 0.6 is 11.8 Å². The highest BCUT2D eigenvalue weighted by molar-refractivity contribution is 8.14. The van der Waals surface area contributed by atoms with Gasteiger partial charge in [0.05, 0.1) is 13.7 Å². The Bertz CT molecular complexity index is 741. The minimum absolute atomic E-state index is 0.0179. The first kappa shape index (κ1) is 15.6. The van der Waals surface area contributed by atoms with Crippen molar-refractivity contribution >= 4 is 22.7 Å². The fourth-order valence-electron chi connectivity index (χ4n) is 2.55. The van der Waals surface area contributed by atoms with Gasteiger partial charge in [0.15, 0.2) is 11.0 Å². The first-order chi connectivity index (χ1) is 11.2. The lowest BCUT2D eigenvalue weighted by atomic mass is 9.99. The van der Waals surface area contributed by atoms with E-state index in [1.54, 1.807) is 43.1 Å². The normalized spacial score (nSPS) is 16.9. The maximum atomic E-state index is 12.6. The molecule has 2 aromatic rings. The summed E-state index contributed by atoms with van der Waals surface area (Å²) in [5.41, 5.74) is 8.19. The molecule has 5 heteroatoms. The van der Waals surface area contributed by atoms with Crippen molar-refractivity contribution in [2.24, 2.45) is 10.7 Å². The van der Waals surface area contributed by atoms with Gasteiger partial charge < -0.3 is 10.5 Å². The summed E-state index contributed by atoms with van der Waals surface area (Å²) in [6, 6.07) is 14.9. The molecule has 0 aliphatic carbocycles. The van der Waals surface area contributed by atoms with Gasteiger partial charge in [-0.2, -0.15) is 0 Å². The summed E-state index contributed by atoms with van der Waals surface area (Å²) >= 11 is 1.60. The quantitative estimate of drug-likeness (QED) is 0.858. The lowest BCUT2D eigenvalue weighted by Crippen LogP contribution is -2.10. The molecule has 4 nitrogen and oxygen atoms in total.